The van der Waals surface area contributed by atoms with Gasteiger partial charge in [0.2, 0.25) is 0 Å². The van der Waals surface area contributed by atoms with Crippen molar-refractivity contribution >= 4 is 23.7 Å². The number of nitrogens with zero attached hydrogens (tertiary/aromatic N) is 2. The van der Waals surface area contributed by atoms with E-state index >= 15 is 0 Å². The van der Waals surface area contributed by atoms with Crippen LogP contribution in [-0.4, -0.2) is 41.2 Å². The number of rotatable bonds is 8. The minimum atomic E-state index is -0.652. The van der Waals surface area contributed by atoms with Crippen LogP contribution in [0.4, 0.5) is 5.69 Å². The molecule has 0 atom stereocenters. The summed E-state index contributed by atoms with van der Waals surface area (Å²) < 4.78 is 10.0. The van der Waals surface area contributed by atoms with Gasteiger partial charge in [0.15, 0.2) is 17.3 Å². The third kappa shape index (κ3) is 5.29. The molecule has 0 aliphatic carbocycles. The minimum Gasteiger partial charge on any atom is -0.504 e. The Labute approximate surface area is 152 Å². The highest BCUT2D eigenvalue weighted by molar-refractivity contribution is 5.94. The van der Waals surface area contributed by atoms with Crippen molar-refractivity contribution < 1.29 is 28.8 Å². The number of amides is 2. The van der Waals surface area contributed by atoms with Crippen molar-refractivity contribution in [2.24, 2.45) is 5.10 Å². The van der Waals surface area contributed by atoms with Crippen LogP contribution in [0.2, 0.25) is 0 Å². The number of carbonyl (C=O) groups is 2. The van der Waals surface area contributed by atoms with Gasteiger partial charge in [-0.3, -0.25) is 19.7 Å². The molecule has 1 heterocycles. The number of carbonyl (C=O) groups excluding carboxylic acids is 2. The number of hydrogen-bond acceptors (Lipinski definition) is 8. The van der Waals surface area contributed by atoms with Crippen LogP contribution in [0, 0.1) is 10.1 Å². The molecule has 3 N–H and O–H groups in total. The number of benzene rings is 1. The highest BCUT2D eigenvalue weighted by Crippen LogP contribution is 2.33. The Morgan fingerprint density at radius 3 is 2.85 bits per heavy atom. The van der Waals surface area contributed by atoms with Crippen LogP contribution in [0.25, 0.3) is 0 Å². The SMILES string of the molecule is CCOc1cc([N+](=O)[O-])cc(/C=N/NC(=O)CNC(=O)c2ccco2)c1O. The first kappa shape index (κ1) is 19.4. The molecule has 2 rings (SSSR count). The zero-order valence-corrected chi connectivity index (χ0v) is 14.2. The highest BCUT2D eigenvalue weighted by atomic mass is 16.6. The maximum atomic E-state index is 11.7. The summed E-state index contributed by atoms with van der Waals surface area (Å²) in [6, 6.07) is 5.12. The molecule has 2 aromatic rings. The quantitative estimate of drug-likeness (QED) is 0.354. The van der Waals surface area contributed by atoms with Crippen LogP contribution in [0.5, 0.6) is 11.5 Å². The number of hydrogen-bond donors (Lipinski definition) is 3. The Morgan fingerprint density at radius 2 is 2.22 bits per heavy atom. The van der Waals surface area contributed by atoms with Crippen LogP contribution in [0.3, 0.4) is 0 Å². The summed E-state index contributed by atoms with van der Waals surface area (Å²) >= 11 is 0. The van der Waals surface area contributed by atoms with E-state index < -0.39 is 16.7 Å². The van der Waals surface area contributed by atoms with Crippen LogP contribution in [-0.2, 0) is 4.79 Å². The van der Waals surface area contributed by atoms with Gasteiger partial charge in [-0.15, -0.1) is 0 Å². The number of aromatic hydroxyl groups is 1. The molecular weight excluding hydrogens is 360 g/mol. The Morgan fingerprint density at radius 1 is 1.44 bits per heavy atom. The predicted molar refractivity (Wildman–Crippen MR) is 92.7 cm³/mol. The molecule has 0 saturated heterocycles. The fourth-order valence-electron chi connectivity index (χ4n) is 1.95. The summed E-state index contributed by atoms with van der Waals surface area (Å²) in [5.74, 6) is -1.61. The average Bonchev–Trinajstić information content (AvgIpc) is 3.17. The predicted octanol–water partition coefficient (Wildman–Crippen LogP) is 1.17. The van der Waals surface area contributed by atoms with Gasteiger partial charge in [-0.1, -0.05) is 0 Å². The Bertz CT molecular complexity index is 862. The molecule has 142 valence electrons. The zero-order chi connectivity index (χ0) is 19.8. The second-order valence-corrected chi connectivity index (χ2v) is 5.03. The van der Waals surface area contributed by atoms with Crippen LogP contribution >= 0.6 is 0 Å². The minimum absolute atomic E-state index is 0.0208. The number of nitro groups is 1. The van der Waals surface area contributed by atoms with E-state index in [2.05, 4.69) is 15.8 Å². The number of nitro benzene ring substituents is 1. The molecule has 1 aromatic heterocycles. The van der Waals surface area contributed by atoms with Gasteiger partial charge >= 0.3 is 0 Å². The molecule has 11 heteroatoms. The lowest BCUT2D eigenvalue weighted by Gasteiger charge is -2.08. The van der Waals surface area contributed by atoms with E-state index in [1.54, 1.807) is 6.92 Å². The summed E-state index contributed by atoms with van der Waals surface area (Å²) in [4.78, 5) is 33.6. The Kier molecular flexibility index (Phi) is 6.47. The summed E-state index contributed by atoms with van der Waals surface area (Å²) in [5.41, 5.74) is 1.79. The van der Waals surface area contributed by atoms with Crippen molar-refractivity contribution in [2.45, 2.75) is 6.92 Å². The van der Waals surface area contributed by atoms with E-state index in [4.69, 9.17) is 9.15 Å². The third-order valence-electron chi connectivity index (χ3n) is 3.15. The van der Waals surface area contributed by atoms with Crippen molar-refractivity contribution in [1.82, 2.24) is 10.7 Å². The number of non-ortho nitro benzene ring substituents is 1. The summed E-state index contributed by atoms with van der Waals surface area (Å²) in [6.45, 7) is 1.47. The number of furan rings is 1. The van der Waals surface area contributed by atoms with Crippen LogP contribution in [0.15, 0.2) is 40.0 Å². The van der Waals surface area contributed by atoms with Crippen LogP contribution in [0.1, 0.15) is 23.0 Å². The van der Waals surface area contributed by atoms with Gasteiger partial charge in [-0.25, -0.2) is 5.43 Å². The molecule has 0 aliphatic rings. The first-order valence-corrected chi connectivity index (χ1v) is 7.70. The normalized spacial score (nSPS) is 10.6. The maximum absolute atomic E-state index is 11.7. The smallest absolute Gasteiger partial charge is 0.287 e. The van der Waals surface area contributed by atoms with E-state index in [0.717, 1.165) is 18.3 Å². The lowest BCUT2D eigenvalue weighted by molar-refractivity contribution is -0.385. The fourth-order valence-corrected chi connectivity index (χ4v) is 1.95. The molecule has 11 nitrogen and oxygen atoms in total. The standard InChI is InChI=1S/C16H16N4O7/c1-2-26-13-7-11(20(24)25)6-10(15(13)22)8-18-19-14(21)9-17-16(23)12-4-3-5-27-12/h3-8,22H,2,9H2,1H3,(H,17,23)(H,19,21)/b18-8+. The molecule has 0 radical (unpaired) electrons. The first-order valence-electron chi connectivity index (χ1n) is 7.70. The van der Waals surface area contributed by atoms with Gasteiger partial charge in [0, 0.05) is 11.6 Å². The molecule has 2 amide bonds. The van der Waals surface area contributed by atoms with Crippen molar-refractivity contribution in [1.29, 1.82) is 0 Å². The Hall–Kier alpha value is -3.89. The summed E-state index contributed by atoms with van der Waals surface area (Å²) in [7, 11) is 0. The van der Waals surface area contributed by atoms with Gasteiger partial charge in [0.05, 0.1) is 36.6 Å². The second kappa shape index (κ2) is 8.99. The van der Waals surface area contributed by atoms with E-state index in [-0.39, 0.29) is 41.7 Å². The maximum Gasteiger partial charge on any atom is 0.287 e. The van der Waals surface area contributed by atoms with Gasteiger partial charge in [-0.2, -0.15) is 5.10 Å². The molecule has 0 spiro atoms. The van der Waals surface area contributed by atoms with E-state index in [1.165, 1.54) is 18.4 Å². The summed E-state index contributed by atoms with van der Waals surface area (Å²) in [6.07, 6.45) is 2.35. The molecule has 0 fully saturated rings. The number of nitrogens with one attached hydrogen (secondary N) is 2. The van der Waals surface area contributed by atoms with Gasteiger partial charge in [0.25, 0.3) is 17.5 Å². The monoisotopic (exact) mass is 376 g/mol. The number of phenolic OH excluding ortho intramolecular Hbond substituents is 1. The number of phenols is 1. The van der Waals surface area contributed by atoms with Gasteiger partial charge in [0.1, 0.15) is 0 Å². The fraction of sp³-hybridized carbons (Fsp3) is 0.188. The first-order chi connectivity index (χ1) is 12.9. The molecule has 27 heavy (non-hydrogen) atoms. The lowest BCUT2D eigenvalue weighted by Crippen LogP contribution is -2.34. The van der Waals surface area contributed by atoms with E-state index in [1.807, 2.05) is 0 Å². The zero-order valence-electron chi connectivity index (χ0n) is 14.2. The molecule has 0 unspecified atom stereocenters. The Balaban J connectivity index is 1.99. The van der Waals surface area contributed by atoms with Crippen molar-refractivity contribution in [3.05, 3.63) is 52.0 Å². The van der Waals surface area contributed by atoms with Gasteiger partial charge < -0.3 is 19.6 Å². The molecular formula is C16H16N4O7. The molecule has 0 saturated carbocycles. The van der Waals surface area contributed by atoms with E-state index in [0.29, 0.717) is 0 Å². The van der Waals surface area contributed by atoms with Crippen LogP contribution < -0.4 is 15.5 Å². The third-order valence-corrected chi connectivity index (χ3v) is 3.15. The lowest BCUT2D eigenvalue weighted by atomic mass is 10.1. The molecule has 1 aromatic carbocycles. The van der Waals surface area contributed by atoms with Crippen molar-refractivity contribution in [3.63, 3.8) is 0 Å². The molecule has 0 bridgehead atoms. The highest BCUT2D eigenvalue weighted by Gasteiger charge is 2.16. The van der Waals surface area contributed by atoms with E-state index in [9.17, 15) is 24.8 Å². The number of ether oxygens (including phenoxy) is 1. The topological polar surface area (TPSA) is 156 Å². The molecule has 0 aliphatic heterocycles. The number of hydrazone groups is 1. The summed E-state index contributed by atoms with van der Waals surface area (Å²) in [5, 5.41) is 26.9. The largest absolute Gasteiger partial charge is 0.504 e. The van der Waals surface area contributed by atoms with Crippen molar-refractivity contribution in [2.75, 3.05) is 13.2 Å². The second-order valence-electron chi connectivity index (χ2n) is 5.03. The van der Waals surface area contributed by atoms with Gasteiger partial charge in [-0.05, 0) is 19.1 Å². The van der Waals surface area contributed by atoms with Crippen molar-refractivity contribution in [3.8, 4) is 11.5 Å². The average molecular weight is 376 g/mol.